The van der Waals surface area contributed by atoms with Crippen molar-refractivity contribution in [3.63, 3.8) is 0 Å². The molecular formula is C25H19Cl2N3O2. The highest BCUT2D eigenvalue weighted by atomic mass is 35.5. The van der Waals surface area contributed by atoms with Gasteiger partial charge in [0.25, 0.3) is 0 Å². The summed E-state index contributed by atoms with van der Waals surface area (Å²) in [4.78, 5) is 17.4. The van der Waals surface area contributed by atoms with E-state index < -0.39 is 0 Å². The van der Waals surface area contributed by atoms with Crippen LogP contribution < -0.4 is 4.74 Å². The molecule has 0 atom stereocenters. The van der Waals surface area contributed by atoms with Gasteiger partial charge < -0.3 is 4.74 Å². The third kappa shape index (κ3) is 4.74. The average Bonchev–Trinajstić information content (AvgIpc) is 3.27. The van der Waals surface area contributed by atoms with Crippen LogP contribution in [0, 0.1) is 0 Å². The second kappa shape index (κ2) is 9.81. The summed E-state index contributed by atoms with van der Waals surface area (Å²) in [6.07, 6.45) is 1.52. The van der Waals surface area contributed by atoms with Crippen LogP contribution in [0.1, 0.15) is 16.1 Å². The number of carbonyl (C=O) groups is 1. The van der Waals surface area contributed by atoms with Gasteiger partial charge in [0.15, 0.2) is 0 Å². The van der Waals surface area contributed by atoms with E-state index in [2.05, 4.69) is 10.1 Å². The van der Waals surface area contributed by atoms with E-state index in [1.165, 1.54) is 6.21 Å². The highest BCUT2D eigenvalue weighted by molar-refractivity contribution is 6.38. The van der Waals surface area contributed by atoms with Crippen molar-refractivity contribution >= 4 is 35.2 Å². The number of methoxy groups -OCH3 is 1. The maximum Gasteiger partial charge on any atom is 0.202 e. The third-order valence-corrected chi connectivity index (χ3v) is 5.50. The number of aliphatic imine (C=N–C) groups is 1. The van der Waals surface area contributed by atoms with Crippen molar-refractivity contribution in [2.75, 3.05) is 13.7 Å². The predicted molar refractivity (Wildman–Crippen MR) is 129 cm³/mol. The maximum absolute atomic E-state index is 13.1. The summed E-state index contributed by atoms with van der Waals surface area (Å²) in [7, 11) is 1.62. The Balaban J connectivity index is 1.66. The molecule has 4 rings (SSSR count). The van der Waals surface area contributed by atoms with Gasteiger partial charge in [0.05, 0.1) is 28.5 Å². The van der Waals surface area contributed by atoms with E-state index >= 15 is 0 Å². The van der Waals surface area contributed by atoms with Crippen LogP contribution in [0.25, 0.3) is 16.9 Å². The van der Waals surface area contributed by atoms with E-state index in [4.69, 9.17) is 27.9 Å². The lowest BCUT2D eigenvalue weighted by atomic mass is 10.1. The Kier molecular flexibility index (Phi) is 6.69. The zero-order valence-electron chi connectivity index (χ0n) is 17.2. The molecule has 0 N–H and O–H groups in total. The Morgan fingerprint density at radius 1 is 1.00 bits per heavy atom. The van der Waals surface area contributed by atoms with Crippen molar-refractivity contribution in [1.82, 2.24) is 9.78 Å². The number of ether oxygens (including phenoxy) is 1. The van der Waals surface area contributed by atoms with Crippen LogP contribution in [0.4, 0.5) is 0 Å². The molecule has 0 aliphatic heterocycles. The SMILES string of the molecule is COc1ccc(-c2cc(C(=O)CN=Cc3c(Cl)cccc3Cl)n(-c3ccccc3)n2)cc1. The smallest absolute Gasteiger partial charge is 0.202 e. The molecule has 0 aliphatic rings. The molecule has 0 spiro atoms. The molecule has 0 unspecified atom stereocenters. The summed E-state index contributed by atoms with van der Waals surface area (Å²) in [5.41, 5.74) is 3.36. The Hall–Kier alpha value is -3.41. The molecular weight excluding hydrogens is 445 g/mol. The minimum atomic E-state index is -0.180. The van der Waals surface area contributed by atoms with Crippen molar-refractivity contribution in [2.45, 2.75) is 0 Å². The van der Waals surface area contributed by atoms with Gasteiger partial charge >= 0.3 is 0 Å². The number of hydrogen-bond donors (Lipinski definition) is 0. The largest absolute Gasteiger partial charge is 0.497 e. The van der Waals surface area contributed by atoms with Crippen molar-refractivity contribution in [3.8, 4) is 22.7 Å². The van der Waals surface area contributed by atoms with Gasteiger partial charge in [0.1, 0.15) is 18.0 Å². The number of para-hydroxylation sites is 1. The monoisotopic (exact) mass is 463 g/mol. The molecule has 0 fully saturated rings. The van der Waals surface area contributed by atoms with E-state index in [1.807, 2.05) is 54.6 Å². The van der Waals surface area contributed by atoms with Crippen LogP contribution in [0.5, 0.6) is 5.75 Å². The number of benzene rings is 3. The number of halogens is 2. The maximum atomic E-state index is 13.1. The van der Waals surface area contributed by atoms with Crippen LogP contribution in [-0.2, 0) is 0 Å². The molecule has 0 bridgehead atoms. The number of carbonyl (C=O) groups excluding carboxylic acids is 1. The summed E-state index contributed by atoms with van der Waals surface area (Å²) in [6, 6.07) is 24.0. The van der Waals surface area contributed by atoms with Crippen LogP contribution in [0.3, 0.4) is 0 Å². The first-order valence-electron chi connectivity index (χ1n) is 9.84. The van der Waals surface area contributed by atoms with Crippen molar-refractivity contribution in [2.24, 2.45) is 4.99 Å². The fraction of sp³-hybridized carbons (Fsp3) is 0.0800. The molecule has 7 heteroatoms. The zero-order valence-corrected chi connectivity index (χ0v) is 18.7. The second-order valence-electron chi connectivity index (χ2n) is 6.92. The summed E-state index contributed by atoms with van der Waals surface area (Å²) in [5.74, 6) is 0.570. The summed E-state index contributed by atoms with van der Waals surface area (Å²) < 4.78 is 6.86. The minimum Gasteiger partial charge on any atom is -0.497 e. The molecule has 1 heterocycles. The number of hydrogen-bond acceptors (Lipinski definition) is 4. The highest BCUT2D eigenvalue weighted by Crippen LogP contribution is 2.25. The van der Waals surface area contributed by atoms with Gasteiger partial charge in [-0.3, -0.25) is 9.79 Å². The van der Waals surface area contributed by atoms with Gasteiger partial charge in [-0.05, 0) is 54.6 Å². The summed E-state index contributed by atoms with van der Waals surface area (Å²) in [5, 5.41) is 5.64. The first-order chi connectivity index (χ1) is 15.6. The van der Waals surface area contributed by atoms with Gasteiger partial charge in [-0.2, -0.15) is 5.10 Å². The average molecular weight is 464 g/mol. The molecule has 5 nitrogen and oxygen atoms in total. The lowest BCUT2D eigenvalue weighted by Gasteiger charge is -2.05. The van der Waals surface area contributed by atoms with Gasteiger partial charge in [-0.15, -0.1) is 0 Å². The summed E-state index contributed by atoms with van der Waals surface area (Å²) >= 11 is 12.4. The standard InChI is InChI=1S/C25H19Cl2N3O2/c1-32-19-12-10-17(11-13-19)23-14-24(30(29-23)18-6-3-2-4-7-18)25(31)16-28-15-20-21(26)8-5-9-22(20)27/h2-15H,16H2,1H3. The van der Waals surface area contributed by atoms with Crippen LogP contribution >= 0.6 is 23.2 Å². The highest BCUT2D eigenvalue weighted by Gasteiger charge is 2.17. The minimum absolute atomic E-state index is 0.0673. The Labute approximate surface area is 195 Å². The van der Waals surface area contributed by atoms with Gasteiger partial charge in [-0.25, -0.2) is 4.68 Å². The number of rotatable bonds is 7. The molecule has 0 saturated heterocycles. The third-order valence-electron chi connectivity index (χ3n) is 4.84. The predicted octanol–water partition coefficient (Wildman–Crippen LogP) is 6.16. The normalized spacial score (nSPS) is 11.1. The van der Waals surface area contributed by atoms with E-state index in [0.29, 0.717) is 27.0 Å². The molecule has 0 aliphatic carbocycles. The van der Waals surface area contributed by atoms with Crippen LogP contribution in [0.15, 0.2) is 83.9 Å². The number of nitrogens with zero attached hydrogens (tertiary/aromatic N) is 3. The van der Waals surface area contributed by atoms with Gasteiger partial charge in [-0.1, -0.05) is 47.5 Å². The first-order valence-corrected chi connectivity index (χ1v) is 10.6. The van der Waals surface area contributed by atoms with E-state index in [0.717, 1.165) is 17.0 Å². The first kappa shape index (κ1) is 21.8. The molecule has 160 valence electrons. The number of ketones is 1. The Bertz CT molecular complexity index is 1250. The molecule has 32 heavy (non-hydrogen) atoms. The lowest BCUT2D eigenvalue weighted by Crippen LogP contribution is -2.11. The fourth-order valence-electron chi connectivity index (χ4n) is 3.18. The topological polar surface area (TPSA) is 56.5 Å². The lowest BCUT2D eigenvalue weighted by molar-refractivity contribution is 0.0995. The molecule has 0 amide bonds. The fourth-order valence-corrected chi connectivity index (χ4v) is 3.68. The van der Waals surface area contributed by atoms with Gasteiger partial charge in [0.2, 0.25) is 5.78 Å². The van der Waals surface area contributed by atoms with Crippen molar-refractivity contribution < 1.29 is 9.53 Å². The Morgan fingerprint density at radius 2 is 1.69 bits per heavy atom. The van der Waals surface area contributed by atoms with Crippen molar-refractivity contribution in [3.05, 3.63) is 100 Å². The van der Waals surface area contributed by atoms with E-state index in [1.54, 1.807) is 36.1 Å². The van der Waals surface area contributed by atoms with Gasteiger partial charge in [0, 0.05) is 17.3 Å². The molecule has 1 aromatic heterocycles. The number of aromatic nitrogens is 2. The zero-order chi connectivity index (χ0) is 22.5. The molecule has 0 radical (unpaired) electrons. The quantitative estimate of drug-likeness (QED) is 0.243. The van der Waals surface area contributed by atoms with Crippen LogP contribution in [0.2, 0.25) is 10.0 Å². The molecule has 3 aromatic carbocycles. The number of Topliss-reactive ketones (excluding diaryl/α,β-unsaturated/α-hetero) is 1. The van der Waals surface area contributed by atoms with E-state index in [-0.39, 0.29) is 12.3 Å². The molecule has 0 saturated carbocycles. The second-order valence-corrected chi connectivity index (χ2v) is 7.73. The Morgan fingerprint density at radius 3 is 2.34 bits per heavy atom. The van der Waals surface area contributed by atoms with E-state index in [9.17, 15) is 4.79 Å². The summed E-state index contributed by atoms with van der Waals surface area (Å²) in [6.45, 7) is -0.0673. The molecule has 4 aromatic rings. The van der Waals surface area contributed by atoms with Crippen LogP contribution in [-0.4, -0.2) is 35.4 Å². The van der Waals surface area contributed by atoms with Crippen molar-refractivity contribution in [1.29, 1.82) is 0 Å².